The summed E-state index contributed by atoms with van der Waals surface area (Å²) in [6.45, 7) is 0.480. The molecule has 5 heteroatoms. The Bertz CT molecular complexity index is 353. The van der Waals surface area contributed by atoms with Crippen LogP contribution in [0.4, 0.5) is 10.1 Å². The standard InChI is InChI=1S/C9H7BrClFN2/c10-9-7(11)4-6(5-8(9)12)14-3-1-2-13/h4-5,14H,1,3H2. The van der Waals surface area contributed by atoms with E-state index < -0.39 is 5.82 Å². The minimum absolute atomic E-state index is 0.255. The zero-order chi connectivity index (χ0) is 10.6. The zero-order valence-electron chi connectivity index (χ0n) is 7.15. The molecule has 0 amide bonds. The first-order chi connectivity index (χ1) is 6.65. The average Bonchev–Trinajstić information content (AvgIpc) is 2.14. The van der Waals surface area contributed by atoms with Gasteiger partial charge in [-0.05, 0) is 28.1 Å². The summed E-state index contributed by atoms with van der Waals surface area (Å²) >= 11 is 8.75. The fourth-order valence-electron chi connectivity index (χ4n) is 0.920. The van der Waals surface area contributed by atoms with E-state index >= 15 is 0 Å². The van der Waals surface area contributed by atoms with E-state index in [9.17, 15) is 4.39 Å². The SMILES string of the molecule is N#CCCNc1cc(F)c(Br)c(Cl)c1. The van der Waals surface area contributed by atoms with Gasteiger partial charge in [0.05, 0.1) is 22.0 Å². The van der Waals surface area contributed by atoms with Crippen molar-refractivity contribution < 1.29 is 4.39 Å². The molecule has 1 N–H and O–H groups in total. The molecule has 0 aliphatic rings. The number of anilines is 1. The van der Waals surface area contributed by atoms with Crippen molar-refractivity contribution in [2.45, 2.75) is 6.42 Å². The van der Waals surface area contributed by atoms with Gasteiger partial charge in [-0.25, -0.2) is 4.39 Å². The summed E-state index contributed by atoms with van der Waals surface area (Å²) in [7, 11) is 0. The number of benzene rings is 1. The highest BCUT2D eigenvalue weighted by molar-refractivity contribution is 9.10. The molecule has 0 bridgehead atoms. The summed E-state index contributed by atoms with van der Waals surface area (Å²) < 4.78 is 13.4. The molecule has 1 aromatic carbocycles. The van der Waals surface area contributed by atoms with Crippen LogP contribution in [0.25, 0.3) is 0 Å². The largest absolute Gasteiger partial charge is 0.384 e. The van der Waals surface area contributed by atoms with E-state index in [1.165, 1.54) is 6.07 Å². The van der Waals surface area contributed by atoms with Gasteiger partial charge in [-0.2, -0.15) is 5.26 Å². The molecule has 0 heterocycles. The lowest BCUT2D eigenvalue weighted by atomic mass is 10.3. The highest BCUT2D eigenvalue weighted by Gasteiger charge is 2.05. The lowest BCUT2D eigenvalue weighted by Gasteiger charge is -2.06. The third kappa shape index (κ3) is 2.86. The second kappa shape index (κ2) is 5.18. The lowest BCUT2D eigenvalue weighted by Crippen LogP contribution is -2.00. The van der Waals surface area contributed by atoms with Gasteiger partial charge in [-0.1, -0.05) is 11.6 Å². The third-order valence-electron chi connectivity index (χ3n) is 1.55. The molecule has 0 aromatic heterocycles. The summed E-state index contributed by atoms with van der Waals surface area (Å²) in [4.78, 5) is 0. The molecule has 2 nitrogen and oxygen atoms in total. The topological polar surface area (TPSA) is 35.8 Å². The monoisotopic (exact) mass is 276 g/mol. The Balaban J connectivity index is 2.75. The van der Waals surface area contributed by atoms with Gasteiger partial charge in [0.1, 0.15) is 5.82 Å². The molecule has 0 atom stereocenters. The van der Waals surface area contributed by atoms with Crippen LogP contribution in [0.2, 0.25) is 5.02 Å². The minimum atomic E-state index is -0.419. The van der Waals surface area contributed by atoms with Crippen molar-refractivity contribution in [2.75, 3.05) is 11.9 Å². The summed E-state index contributed by atoms with van der Waals surface area (Å²) in [6, 6.07) is 4.91. The van der Waals surface area contributed by atoms with E-state index in [2.05, 4.69) is 21.2 Å². The first-order valence-electron chi connectivity index (χ1n) is 3.90. The third-order valence-corrected chi connectivity index (χ3v) is 2.88. The van der Waals surface area contributed by atoms with Crippen molar-refractivity contribution in [3.05, 3.63) is 27.4 Å². The predicted molar refractivity (Wildman–Crippen MR) is 57.8 cm³/mol. The van der Waals surface area contributed by atoms with Crippen molar-refractivity contribution >= 4 is 33.2 Å². The lowest BCUT2D eigenvalue weighted by molar-refractivity contribution is 0.621. The van der Waals surface area contributed by atoms with Gasteiger partial charge in [0, 0.05) is 12.2 Å². The van der Waals surface area contributed by atoms with Crippen molar-refractivity contribution in [1.29, 1.82) is 5.26 Å². The minimum Gasteiger partial charge on any atom is -0.384 e. The van der Waals surface area contributed by atoms with Gasteiger partial charge in [-0.3, -0.25) is 0 Å². The van der Waals surface area contributed by atoms with E-state index in [0.29, 0.717) is 23.7 Å². The maximum atomic E-state index is 13.1. The Labute approximate surface area is 94.8 Å². The number of nitriles is 1. The number of nitrogens with zero attached hydrogens (tertiary/aromatic N) is 1. The van der Waals surface area contributed by atoms with Crippen molar-refractivity contribution in [3.8, 4) is 6.07 Å². The molecule has 0 saturated carbocycles. The molecular weight excluding hydrogens is 270 g/mol. The molecule has 1 aromatic rings. The van der Waals surface area contributed by atoms with E-state index in [4.69, 9.17) is 16.9 Å². The molecule has 74 valence electrons. The van der Waals surface area contributed by atoms with Crippen LogP contribution in [-0.4, -0.2) is 6.54 Å². The Hall–Kier alpha value is -0.790. The van der Waals surface area contributed by atoms with Crippen LogP contribution in [0.15, 0.2) is 16.6 Å². The van der Waals surface area contributed by atoms with Gasteiger partial charge in [0.15, 0.2) is 0 Å². The van der Waals surface area contributed by atoms with E-state index in [1.54, 1.807) is 6.07 Å². The highest BCUT2D eigenvalue weighted by atomic mass is 79.9. The maximum absolute atomic E-state index is 13.1. The Morgan fingerprint density at radius 1 is 1.57 bits per heavy atom. The van der Waals surface area contributed by atoms with E-state index in [-0.39, 0.29) is 4.47 Å². The first-order valence-corrected chi connectivity index (χ1v) is 5.07. The number of hydrogen-bond donors (Lipinski definition) is 1. The van der Waals surface area contributed by atoms with Crippen LogP contribution in [0.1, 0.15) is 6.42 Å². The molecule has 14 heavy (non-hydrogen) atoms. The van der Waals surface area contributed by atoms with Gasteiger partial charge >= 0.3 is 0 Å². The molecule has 0 fully saturated rings. The summed E-state index contributed by atoms with van der Waals surface area (Å²) in [5.74, 6) is -0.419. The number of halogens is 3. The molecular formula is C9H7BrClFN2. The fraction of sp³-hybridized carbons (Fsp3) is 0.222. The quantitative estimate of drug-likeness (QED) is 0.677. The van der Waals surface area contributed by atoms with E-state index in [1.807, 2.05) is 6.07 Å². The summed E-state index contributed by atoms with van der Waals surface area (Å²) in [5.41, 5.74) is 0.575. The predicted octanol–water partition coefficient (Wildman–Crippen LogP) is 3.57. The molecule has 1 rings (SSSR count). The Morgan fingerprint density at radius 3 is 2.86 bits per heavy atom. The second-order valence-corrected chi connectivity index (χ2v) is 3.79. The van der Waals surface area contributed by atoms with Crippen molar-refractivity contribution in [3.63, 3.8) is 0 Å². The van der Waals surface area contributed by atoms with Crippen LogP contribution in [0, 0.1) is 17.1 Å². The van der Waals surface area contributed by atoms with E-state index in [0.717, 1.165) is 0 Å². The van der Waals surface area contributed by atoms with Crippen LogP contribution < -0.4 is 5.32 Å². The molecule has 0 radical (unpaired) electrons. The van der Waals surface area contributed by atoms with Crippen LogP contribution >= 0.6 is 27.5 Å². The highest BCUT2D eigenvalue weighted by Crippen LogP contribution is 2.28. The number of rotatable bonds is 3. The summed E-state index contributed by atoms with van der Waals surface area (Å²) in [6.07, 6.45) is 0.370. The first kappa shape index (κ1) is 11.3. The van der Waals surface area contributed by atoms with Crippen LogP contribution in [-0.2, 0) is 0 Å². The van der Waals surface area contributed by atoms with Gasteiger partial charge < -0.3 is 5.32 Å². The molecule has 0 spiro atoms. The fourth-order valence-corrected chi connectivity index (χ4v) is 1.36. The van der Waals surface area contributed by atoms with Gasteiger partial charge in [0.25, 0.3) is 0 Å². The van der Waals surface area contributed by atoms with Crippen molar-refractivity contribution in [1.82, 2.24) is 0 Å². The van der Waals surface area contributed by atoms with Crippen LogP contribution in [0.5, 0.6) is 0 Å². The maximum Gasteiger partial charge on any atom is 0.140 e. The smallest absolute Gasteiger partial charge is 0.140 e. The Morgan fingerprint density at radius 2 is 2.29 bits per heavy atom. The summed E-state index contributed by atoms with van der Waals surface area (Å²) in [5, 5.41) is 11.5. The van der Waals surface area contributed by atoms with Gasteiger partial charge in [0.2, 0.25) is 0 Å². The van der Waals surface area contributed by atoms with Crippen LogP contribution in [0.3, 0.4) is 0 Å². The molecule has 0 unspecified atom stereocenters. The van der Waals surface area contributed by atoms with Crippen molar-refractivity contribution in [2.24, 2.45) is 0 Å². The molecule has 0 aliphatic heterocycles. The normalized spacial score (nSPS) is 9.57. The Kier molecular flexibility index (Phi) is 4.18. The molecule has 0 aliphatic carbocycles. The second-order valence-electron chi connectivity index (χ2n) is 2.59. The molecule has 0 saturated heterocycles. The average molecular weight is 278 g/mol. The zero-order valence-corrected chi connectivity index (χ0v) is 9.49. The number of nitrogens with one attached hydrogen (secondary N) is 1. The van der Waals surface area contributed by atoms with Gasteiger partial charge in [-0.15, -0.1) is 0 Å². The number of hydrogen-bond acceptors (Lipinski definition) is 2.